The number of rotatable bonds is 5. The Morgan fingerprint density at radius 2 is 2.11 bits per heavy atom. The Hall–Kier alpha value is -2.50. The summed E-state index contributed by atoms with van der Waals surface area (Å²) in [7, 11) is 0. The van der Waals surface area contributed by atoms with Crippen molar-refractivity contribution in [3.8, 4) is 5.75 Å². The van der Waals surface area contributed by atoms with Crippen molar-refractivity contribution in [3.05, 3.63) is 42.3 Å². The molecule has 1 amide bonds. The molecule has 0 bridgehead atoms. The van der Waals surface area contributed by atoms with Crippen LogP contribution in [0.25, 0.3) is 0 Å². The summed E-state index contributed by atoms with van der Waals surface area (Å²) in [5.74, 6) is 0.957. The maximum absolute atomic E-state index is 11.5. The third-order valence-corrected chi connectivity index (χ3v) is 2.20. The molecule has 3 N–H and O–H groups in total. The number of anilines is 1. The Kier molecular flexibility index (Phi) is 3.80. The van der Waals surface area contributed by atoms with Crippen LogP contribution in [0.5, 0.6) is 5.75 Å². The minimum atomic E-state index is -0.233. The number of carbonyl (C=O) groups is 1. The van der Waals surface area contributed by atoms with Gasteiger partial charge >= 0.3 is 0 Å². The molecule has 18 heavy (non-hydrogen) atoms. The van der Waals surface area contributed by atoms with Crippen LogP contribution >= 0.6 is 0 Å². The lowest BCUT2D eigenvalue weighted by Crippen LogP contribution is -2.28. The van der Waals surface area contributed by atoms with Crippen LogP contribution in [0.3, 0.4) is 0 Å². The molecule has 0 aliphatic heterocycles. The van der Waals surface area contributed by atoms with E-state index in [2.05, 4.69) is 10.5 Å². The van der Waals surface area contributed by atoms with Crippen molar-refractivity contribution in [2.45, 2.75) is 6.54 Å². The van der Waals surface area contributed by atoms with Gasteiger partial charge in [-0.2, -0.15) is 0 Å². The summed E-state index contributed by atoms with van der Waals surface area (Å²) in [6.07, 6.45) is 1.52. The Balaban J connectivity index is 1.73. The number of hydrogen-bond donors (Lipinski definition) is 2. The van der Waals surface area contributed by atoms with E-state index in [1.54, 1.807) is 30.3 Å². The quantitative estimate of drug-likeness (QED) is 0.768. The van der Waals surface area contributed by atoms with Crippen LogP contribution in [0, 0.1) is 0 Å². The summed E-state index contributed by atoms with van der Waals surface area (Å²) in [4.78, 5) is 11.5. The van der Waals surface area contributed by atoms with Gasteiger partial charge in [0.05, 0.1) is 12.7 Å². The molecular weight excluding hydrogens is 234 g/mol. The first-order chi connectivity index (χ1) is 8.74. The molecule has 94 valence electrons. The first-order valence-electron chi connectivity index (χ1n) is 5.38. The zero-order chi connectivity index (χ0) is 12.8. The number of aromatic nitrogens is 1. The third kappa shape index (κ3) is 3.51. The highest BCUT2D eigenvalue weighted by molar-refractivity contribution is 5.77. The highest BCUT2D eigenvalue weighted by Crippen LogP contribution is 2.12. The van der Waals surface area contributed by atoms with Gasteiger partial charge in [-0.05, 0) is 24.3 Å². The molecule has 0 atom stereocenters. The van der Waals surface area contributed by atoms with E-state index in [-0.39, 0.29) is 12.5 Å². The fourth-order valence-electron chi connectivity index (χ4n) is 1.28. The molecule has 6 nitrogen and oxygen atoms in total. The average molecular weight is 247 g/mol. The first kappa shape index (κ1) is 12.0. The van der Waals surface area contributed by atoms with Crippen molar-refractivity contribution in [1.82, 2.24) is 10.5 Å². The second kappa shape index (κ2) is 5.72. The molecule has 0 aliphatic rings. The van der Waals surface area contributed by atoms with E-state index in [0.29, 0.717) is 23.7 Å². The van der Waals surface area contributed by atoms with Crippen LogP contribution in [0.2, 0.25) is 0 Å². The first-order valence-corrected chi connectivity index (χ1v) is 5.38. The lowest BCUT2D eigenvalue weighted by Gasteiger charge is -2.06. The maximum atomic E-state index is 11.5. The van der Waals surface area contributed by atoms with Gasteiger partial charge in [-0.1, -0.05) is 5.16 Å². The third-order valence-electron chi connectivity index (χ3n) is 2.20. The molecule has 6 heteroatoms. The lowest BCUT2D eigenvalue weighted by atomic mass is 10.3. The standard InChI is InChI=1S/C12H13N3O3/c13-9-1-3-10(4-2-9)17-8-12(16)14-7-11-5-6-15-18-11/h1-6H,7-8,13H2,(H,14,16). The topological polar surface area (TPSA) is 90.4 Å². The Morgan fingerprint density at radius 1 is 1.33 bits per heavy atom. The van der Waals surface area contributed by atoms with E-state index in [9.17, 15) is 4.79 Å². The van der Waals surface area contributed by atoms with Crippen LogP contribution in [0.4, 0.5) is 5.69 Å². The van der Waals surface area contributed by atoms with Gasteiger partial charge in [0.1, 0.15) is 5.75 Å². The average Bonchev–Trinajstić information content (AvgIpc) is 2.89. The molecule has 0 radical (unpaired) electrons. The van der Waals surface area contributed by atoms with Gasteiger partial charge < -0.3 is 20.3 Å². The van der Waals surface area contributed by atoms with Crippen LogP contribution in [-0.2, 0) is 11.3 Å². The van der Waals surface area contributed by atoms with Crippen molar-refractivity contribution in [3.63, 3.8) is 0 Å². The number of nitrogen functional groups attached to an aromatic ring is 1. The van der Waals surface area contributed by atoms with Gasteiger partial charge in [-0.15, -0.1) is 0 Å². The van der Waals surface area contributed by atoms with E-state index in [4.69, 9.17) is 15.0 Å². The normalized spacial score (nSPS) is 10.0. The molecule has 0 saturated heterocycles. The highest BCUT2D eigenvalue weighted by Gasteiger charge is 2.04. The number of hydrogen-bond acceptors (Lipinski definition) is 5. The van der Waals surface area contributed by atoms with E-state index in [1.807, 2.05) is 0 Å². The van der Waals surface area contributed by atoms with E-state index in [1.165, 1.54) is 6.20 Å². The molecule has 0 aliphatic carbocycles. The van der Waals surface area contributed by atoms with Crippen molar-refractivity contribution >= 4 is 11.6 Å². The van der Waals surface area contributed by atoms with Gasteiger partial charge in [0.15, 0.2) is 12.4 Å². The second-order valence-electron chi connectivity index (χ2n) is 3.61. The van der Waals surface area contributed by atoms with E-state index >= 15 is 0 Å². The molecule has 0 spiro atoms. The van der Waals surface area contributed by atoms with Gasteiger partial charge in [0.25, 0.3) is 5.91 Å². The zero-order valence-electron chi connectivity index (χ0n) is 9.63. The van der Waals surface area contributed by atoms with Crippen molar-refractivity contribution in [2.75, 3.05) is 12.3 Å². The summed E-state index contributed by atoms with van der Waals surface area (Å²) < 4.78 is 10.1. The minimum Gasteiger partial charge on any atom is -0.484 e. The molecule has 0 saturated carbocycles. The van der Waals surface area contributed by atoms with Crippen molar-refractivity contribution in [2.24, 2.45) is 0 Å². The number of benzene rings is 1. The van der Waals surface area contributed by atoms with E-state index in [0.717, 1.165) is 0 Å². The van der Waals surface area contributed by atoms with Crippen molar-refractivity contribution < 1.29 is 14.1 Å². The Morgan fingerprint density at radius 3 is 2.78 bits per heavy atom. The predicted molar refractivity (Wildman–Crippen MR) is 64.7 cm³/mol. The van der Waals surface area contributed by atoms with Crippen LogP contribution in [0.1, 0.15) is 5.76 Å². The molecule has 2 rings (SSSR count). The number of nitrogens with zero attached hydrogens (tertiary/aromatic N) is 1. The van der Waals surface area contributed by atoms with Crippen LogP contribution in [-0.4, -0.2) is 17.7 Å². The van der Waals surface area contributed by atoms with Gasteiger partial charge in [0, 0.05) is 11.8 Å². The fourth-order valence-corrected chi connectivity index (χ4v) is 1.28. The maximum Gasteiger partial charge on any atom is 0.258 e. The number of nitrogens with one attached hydrogen (secondary N) is 1. The number of ether oxygens (including phenoxy) is 1. The molecule has 1 aromatic carbocycles. The highest BCUT2D eigenvalue weighted by atomic mass is 16.5. The second-order valence-corrected chi connectivity index (χ2v) is 3.61. The van der Waals surface area contributed by atoms with Gasteiger partial charge in [0.2, 0.25) is 0 Å². The number of carbonyl (C=O) groups excluding carboxylic acids is 1. The smallest absolute Gasteiger partial charge is 0.258 e. The molecule has 0 unspecified atom stereocenters. The van der Waals surface area contributed by atoms with Crippen molar-refractivity contribution in [1.29, 1.82) is 0 Å². The Labute approximate surface area is 104 Å². The molecule has 2 aromatic rings. The monoisotopic (exact) mass is 247 g/mol. The summed E-state index contributed by atoms with van der Waals surface area (Å²) in [6.45, 7) is 0.238. The fraction of sp³-hybridized carbons (Fsp3) is 0.167. The largest absolute Gasteiger partial charge is 0.484 e. The SMILES string of the molecule is Nc1ccc(OCC(=O)NCc2ccno2)cc1. The molecule has 0 fully saturated rings. The summed E-state index contributed by atoms with van der Waals surface area (Å²) in [5.41, 5.74) is 6.18. The number of amides is 1. The summed E-state index contributed by atoms with van der Waals surface area (Å²) in [6, 6.07) is 8.52. The minimum absolute atomic E-state index is 0.0575. The predicted octanol–water partition coefficient (Wildman–Crippen LogP) is 0.952. The zero-order valence-corrected chi connectivity index (χ0v) is 9.63. The molecule has 1 aromatic heterocycles. The van der Waals surface area contributed by atoms with Gasteiger partial charge in [-0.3, -0.25) is 4.79 Å². The number of nitrogens with two attached hydrogens (primary N) is 1. The van der Waals surface area contributed by atoms with Crippen LogP contribution in [0.15, 0.2) is 41.1 Å². The van der Waals surface area contributed by atoms with Gasteiger partial charge in [-0.25, -0.2) is 0 Å². The molecular formula is C12H13N3O3. The summed E-state index contributed by atoms with van der Waals surface area (Å²) in [5, 5.41) is 6.18. The molecule has 1 heterocycles. The van der Waals surface area contributed by atoms with Crippen LogP contribution < -0.4 is 15.8 Å². The lowest BCUT2D eigenvalue weighted by molar-refractivity contribution is -0.123. The van der Waals surface area contributed by atoms with E-state index < -0.39 is 0 Å². The Bertz CT molecular complexity index is 494. The summed E-state index contributed by atoms with van der Waals surface area (Å²) >= 11 is 0.